The second kappa shape index (κ2) is 11.7. The van der Waals surface area contributed by atoms with E-state index in [1.54, 1.807) is 0 Å². The first-order valence-corrected chi connectivity index (χ1v) is 5.39. The van der Waals surface area contributed by atoms with Crippen molar-refractivity contribution >= 4 is 17.7 Å². The van der Waals surface area contributed by atoms with E-state index in [2.05, 4.69) is 13.8 Å². The lowest BCUT2D eigenvalue weighted by atomic mass is 10.1. The number of hydrogen-bond acceptors (Lipinski definition) is 3. The minimum absolute atomic E-state index is 0.0807. The molecule has 0 aromatic carbocycles. The highest BCUT2D eigenvalue weighted by Crippen LogP contribution is 1.98. The maximum atomic E-state index is 10.7. The molecule has 2 N–H and O–H groups in total. The summed E-state index contributed by atoms with van der Waals surface area (Å²) in [6, 6.07) is 0. The topological polar surface area (TPSA) is 91.7 Å². The lowest BCUT2D eigenvalue weighted by Gasteiger charge is -1.94. The fourth-order valence-electron chi connectivity index (χ4n) is 0.618. The Morgan fingerprint density at radius 3 is 1.25 bits per heavy atom. The van der Waals surface area contributed by atoms with Crippen molar-refractivity contribution in [2.75, 3.05) is 0 Å². The molecule has 0 fully saturated rings. The van der Waals surface area contributed by atoms with Gasteiger partial charge in [-0.25, -0.2) is 0 Å². The SMILES string of the molecule is CCCC.O=C(O)CCC(=O)CCC(=O)O. The molecule has 0 saturated heterocycles. The van der Waals surface area contributed by atoms with Crippen LogP contribution >= 0.6 is 0 Å². The van der Waals surface area contributed by atoms with E-state index in [0.29, 0.717) is 0 Å². The summed E-state index contributed by atoms with van der Waals surface area (Å²) < 4.78 is 0. The van der Waals surface area contributed by atoms with Crippen molar-refractivity contribution in [1.29, 1.82) is 0 Å². The Morgan fingerprint density at radius 1 is 0.750 bits per heavy atom. The van der Waals surface area contributed by atoms with E-state index in [1.807, 2.05) is 0 Å². The molecule has 0 amide bonds. The van der Waals surface area contributed by atoms with Gasteiger partial charge in [0.25, 0.3) is 0 Å². The van der Waals surface area contributed by atoms with E-state index in [4.69, 9.17) is 10.2 Å². The van der Waals surface area contributed by atoms with Crippen molar-refractivity contribution in [3.8, 4) is 0 Å². The molecule has 0 rings (SSSR count). The average molecular weight is 232 g/mol. The molecular weight excluding hydrogens is 212 g/mol. The van der Waals surface area contributed by atoms with Crippen LogP contribution in [0.2, 0.25) is 0 Å². The Bertz CT molecular complexity index is 200. The number of carbonyl (C=O) groups is 3. The lowest BCUT2D eigenvalue weighted by molar-refractivity contribution is -0.139. The summed E-state index contributed by atoms with van der Waals surface area (Å²) in [5.74, 6) is -2.41. The molecule has 0 saturated carbocycles. The van der Waals surface area contributed by atoms with Crippen LogP contribution in [0.5, 0.6) is 0 Å². The number of aliphatic carboxylic acids is 2. The predicted molar refractivity (Wildman–Crippen MR) is 59.3 cm³/mol. The molecule has 16 heavy (non-hydrogen) atoms. The van der Waals surface area contributed by atoms with Gasteiger partial charge in [-0.3, -0.25) is 14.4 Å². The molecule has 0 bridgehead atoms. The molecule has 5 heteroatoms. The van der Waals surface area contributed by atoms with Gasteiger partial charge >= 0.3 is 11.9 Å². The Morgan fingerprint density at radius 2 is 1.06 bits per heavy atom. The first-order chi connectivity index (χ1) is 7.43. The highest BCUT2D eigenvalue weighted by molar-refractivity contribution is 5.84. The molecule has 0 aliphatic heterocycles. The van der Waals surface area contributed by atoms with E-state index in [9.17, 15) is 14.4 Å². The minimum atomic E-state index is -1.04. The fraction of sp³-hybridized carbons (Fsp3) is 0.727. The third-order valence-electron chi connectivity index (χ3n) is 1.74. The highest BCUT2D eigenvalue weighted by atomic mass is 16.4. The van der Waals surface area contributed by atoms with Gasteiger partial charge in [0.15, 0.2) is 0 Å². The first kappa shape index (κ1) is 17.0. The number of carbonyl (C=O) groups excluding carboxylic acids is 1. The standard InChI is InChI=1S/C7H10O5.C4H10/c8-5(1-3-6(9)10)2-4-7(11)12;1-3-4-2/h1-4H2,(H,9,10)(H,11,12);3-4H2,1-2H3. The summed E-state index contributed by atoms with van der Waals surface area (Å²) in [4.78, 5) is 30.7. The van der Waals surface area contributed by atoms with Crippen LogP contribution in [0.25, 0.3) is 0 Å². The van der Waals surface area contributed by atoms with Crippen molar-refractivity contribution in [2.24, 2.45) is 0 Å². The number of Topliss-reactive ketones (excluding diaryl/α,β-unsaturated/α-hetero) is 1. The van der Waals surface area contributed by atoms with Crippen molar-refractivity contribution in [1.82, 2.24) is 0 Å². The first-order valence-electron chi connectivity index (χ1n) is 5.39. The van der Waals surface area contributed by atoms with Crippen LogP contribution in [-0.2, 0) is 14.4 Å². The maximum absolute atomic E-state index is 10.7. The van der Waals surface area contributed by atoms with Crippen LogP contribution in [-0.4, -0.2) is 27.9 Å². The monoisotopic (exact) mass is 232 g/mol. The minimum Gasteiger partial charge on any atom is -0.481 e. The summed E-state index contributed by atoms with van der Waals surface area (Å²) in [5.41, 5.74) is 0. The Hall–Kier alpha value is -1.39. The van der Waals surface area contributed by atoms with Crippen LogP contribution in [0, 0.1) is 0 Å². The highest BCUT2D eigenvalue weighted by Gasteiger charge is 2.07. The third kappa shape index (κ3) is 18.4. The number of hydrogen-bond donors (Lipinski definition) is 2. The van der Waals surface area contributed by atoms with Gasteiger partial charge in [0, 0.05) is 12.8 Å². The van der Waals surface area contributed by atoms with Gasteiger partial charge in [0.2, 0.25) is 0 Å². The van der Waals surface area contributed by atoms with E-state index < -0.39 is 11.9 Å². The average Bonchev–Trinajstić information content (AvgIpc) is 2.23. The number of rotatable bonds is 7. The summed E-state index contributed by atoms with van der Waals surface area (Å²) in [6.45, 7) is 4.36. The second-order valence-corrected chi connectivity index (χ2v) is 3.33. The second-order valence-electron chi connectivity index (χ2n) is 3.33. The number of carboxylic acids is 2. The number of ketones is 1. The van der Waals surface area contributed by atoms with Crippen molar-refractivity contribution in [3.05, 3.63) is 0 Å². The zero-order chi connectivity index (χ0) is 13.0. The smallest absolute Gasteiger partial charge is 0.303 e. The Balaban J connectivity index is 0. The molecule has 0 aliphatic carbocycles. The van der Waals surface area contributed by atoms with Gasteiger partial charge in [0.1, 0.15) is 5.78 Å². The summed E-state index contributed by atoms with van der Waals surface area (Å²) in [7, 11) is 0. The largest absolute Gasteiger partial charge is 0.481 e. The summed E-state index contributed by atoms with van der Waals surface area (Å²) in [6.07, 6.45) is 2.03. The van der Waals surface area contributed by atoms with Gasteiger partial charge in [-0.2, -0.15) is 0 Å². The molecule has 0 heterocycles. The zero-order valence-electron chi connectivity index (χ0n) is 9.86. The molecule has 94 valence electrons. The zero-order valence-corrected chi connectivity index (χ0v) is 9.86. The van der Waals surface area contributed by atoms with Crippen LogP contribution < -0.4 is 0 Å². The van der Waals surface area contributed by atoms with Gasteiger partial charge in [0.05, 0.1) is 12.8 Å². The van der Waals surface area contributed by atoms with Gasteiger partial charge in [-0.05, 0) is 0 Å². The van der Waals surface area contributed by atoms with Crippen molar-refractivity contribution < 1.29 is 24.6 Å². The third-order valence-corrected chi connectivity index (χ3v) is 1.74. The molecular formula is C11H20O5. The molecule has 0 spiro atoms. The predicted octanol–water partition coefficient (Wildman–Crippen LogP) is 2.09. The van der Waals surface area contributed by atoms with E-state index >= 15 is 0 Å². The fourth-order valence-corrected chi connectivity index (χ4v) is 0.618. The van der Waals surface area contributed by atoms with Crippen molar-refractivity contribution in [2.45, 2.75) is 52.4 Å². The maximum Gasteiger partial charge on any atom is 0.303 e. The van der Waals surface area contributed by atoms with Gasteiger partial charge in [-0.1, -0.05) is 26.7 Å². The van der Waals surface area contributed by atoms with E-state index in [0.717, 1.165) is 0 Å². The van der Waals surface area contributed by atoms with Crippen LogP contribution in [0.1, 0.15) is 52.4 Å². The van der Waals surface area contributed by atoms with Crippen LogP contribution in [0.4, 0.5) is 0 Å². The molecule has 0 aliphatic rings. The molecule has 5 nitrogen and oxygen atoms in total. The van der Waals surface area contributed by atoms with Crippen LogP contribution in [0.15, 0.2) is 0 Å². The summed E-state index contributed by atoms with van der Waals surface area (Å²) in [5, 5.41) is 16.3. The lowest BCUT2D eigenvalue weighted by Crippen LogP contribution is -2.05. The van der Waals surface area contributed by atoms with Gasteiger partial charge < -0.3 is 10.2 Å². The number of unbranched alkanes of at least 4 members (excludes halogenated alkanes) is 1. The number of carboxylic acid groups (broad SMARTS) is 2. The molecule has 0 unspecified atom stereocenters. The quantitative estimate of drug-likeness (QED) is 0.701. The Labute approximate surface area is 95.5 Å². The molecule has 0 atom stereocenters. The summed E-state index contributed by atoms with van der Waals surface area (Å²) >= 11 is 0. The normalized spacial score (nSPS) is 8.88. The van der Waals surface area contributed by atoms with E-state index in [1.165, 1.54) is 12.8 Å². The van der Waals surface area contributed by atoms with Crippen molar-refractivity contribution in [3.63, 3.8) is 0 Å². The van der Waals surface area contributed by atoms with E-state index in [-0.39, 0.29) is 31.5 Å². The molecule has 0 aromatic rings. The van der Waals surface area contributed by atoms with Gasteiger partial charge in [-0.15, -0.1) is 0 Å². The van der Waals surface area contributed by atoms with Crippen LogP contribution in [0.3, 0.4) is 0 Å². The molecule has 0 aromatic heterocycles. The Kier molecular flexibility index (Phi) is 12.4. The molecule has 0 radical (unpaired) electrons.